The van der Waals surface area contributed by atoms with Crippen LogP contribution in [0.3, 0.4) is 0 Å². The van der Waals surface area contributed by atoms with Crippen LogP contribution in [0.5, 0.6) is 0 Å². The third kappa shape index (κ3) is 2.73. The Balaban J connectivity index is 1.15. The van der Waals surface area contributed by atoms with E-state index in [-0.39, 0.29) is 5.82 Å². The minimum atomic E-state index is -0.127. The largest absolute Gasteiger partial charge is 0.377 e. The van der Waals surface area contributed by atoms with E-state index in [9.17, 15) is 4.39 Å². The van der Waals surface area contributed by atoms with Crippen molar-refractivity contribution in [2.24, 2.45) is 11.3 Å². The Hall–Kier alpha value is -0.970. The Kier molecular flexibility index (Phi) is 4.11. The number of piperidine rings is 1. The minimum absolute atomic E-state index is 0.127. The summed E-state index contributed by atoms with van der Waals surface area (Å²) in [5, 5.41) is 4.05. The first kappa shape index (κ1) is 16.2. The van der Waals surface area contributed by atoms with E-state index in [1.54, 1.807) is 6.07 Å². The van der Waals surface area contributed by atoms with Gasteiger partial charge in [0.15, 0.2) is 0 Å². The lowest BCUT2D eigenvalue weighted by Crippen LogP contribution is -2.72. The normalized spacial score (nSPS) is 34.5. The molecule has 3 nitrogen and oxygen atoms in total. The van der Waals surface area contributed by atoms with E-state index in [1.165, 1.54) is 44.6 Å². The van der Waals surface area contributed by atoms with Crippen LogP contribution < -0.4 is 5.32 Å². The molecule has 1 N–H and O–H groups in total. The fraction of sp³-hybridized carbons (Fsp3) is 0.714. The fourth-order valence-corrected chi connectivity index (χ4v) is 5.90. The van der Waals surface area contributed by atoms with Gasteiger partial charge in [0.05, 0.1) is 6.10 Å². The summed E-state index contributed by atoms with van der Waals surface area (Å²) in [6.07, 6.45) is 8.35. The van der Waals surface area contributed by atoms with E-state index >= 15 is 0 Å². The van der Waals surface area contributed by atoms with Gasteiger partial charge in [0.2, 0.25) is 0 Å². The van der Waals surface area contributed by atoms with Gasteiger partial charge >= 0.3 is 0 Å². The molecule has 2 saturated carbocycles. The lowest BCUT2D eigenvalue weighted by atomic mass is 9.46. The second kappa shape index (κ2) is 6.33. The lowest BCUT2D eigenvalue weighted by molar-refractivity contribution is -0.179. The molecular weight excluding hydrogens is 315 g/mol. The Labute approximate surface area is 149 Å². The molecule has 2 aliphatic carbocycles. The predicted octanol–water partition coefficient (Wildman–Crippen LogP) is 3.34. The quantitative estimate of drug-likeness (QED) is 0.907. The van der Waals surface area contributed by atoms with Gasteiger partial charge in [-0.25, -0.2) is 4.39 Å². The molecule has 1 spiro atoms. The van der Waals surface area contributed by atoms with Crippen molar-refractivity contribution in [3.05, 3.63) is 35.6 Å². The molecule has 3 atom stereocenters. The summed E-state index contributed by atoms with van der Waals surface area (Å²) in [4.78, 5) is 2.47. The second-order valence-corrected chi connectivity index (χ2v) is 8.66. The van der Waals surface area contributed by atoms with Gasteiger partial charge in [-0.2, -0.15) is 0 Å². The Morgan fingerprint density at radius 2 is 2.04 bits per heavy atom. The Bertz CT molecular complexity index is 624. The maximum absolute atomic E-state index is 13.4. The van der Waals surface area contributed by atoms with Crippen molar-refractivity contribution in [2.75, 3.05) is 19.7 Å². The first-order valence-electron chi connectivity index (χ1n) is 10.1. The van der Waals surface area contributed by atoms with Gasteiger partial charge in [-0.05, 0) is 62.9 Å². The highest BCUT2D eigenvalue weighted by atomic mass is 19.1. The van der Waals surface area contributed by atoms with Crippen LogP contribution in [0.15, 0.2) is 24.3 Å². The number of fused-ring (bicyclic) bond motifs is 2. The summed E-state index contributed by atoms with van der Waals surface area (Å²) in [5.74, 6) is 0.642. The SMILES string of the molecule is Fc1cccc(CN2CCC(N[C@@H]3[C@H]4CCO[C@H]4C34CCC4)CC2)c1. The number of ether oxygens (including phenoxy) is 1. The van der Waals surface area contributed by atoms with E-state index in [1.807, 2.05) is 12.1 Å². The Morgan fingerprint density at radius 3 is 2.76 bits per heavy atom. The van der Waals surface area contributed by atoms with Gasteiger partial charge in [-0.15, -0.1) is 0 Å². The third-order valence-corrected chi connectivity index (χ3v) is 7.33. The molecule has 0 aromatic heterocycles. The van der Waals surface area contributed by atoms with Crippen molar-refractivity contribution < 1.29 is 9.13 Å². The van der Waals surface area contributed by atoms with Crippen molar-refractivity contribution in [1.82, 2.24) is 10.2 Å². The van der Waals surface area contributed by atoms with E-state index in [4.69, 9.17) is 4.74 Å². The summed E-state index contributed by atoms with van der Waals surface area (Å²) < 4.78 is 19.4. The number of rotatable bonds is 4. The lowest BCUT2D eigenvalue weighted by Gasteiger charge is -2.64. The predicted molar refractivity (Wildman–Crippen MR) is 95.8 cm³/mol. The first-order valence-corrected chi connectivity index (χ1v) is 10.1. The molecular formula is C21H29FN2O. The van der Waals surface area contributed by atoms with Crippen molar-refractivity contribution in [3.8, 4) is 0 Å². The van der Waals surface area contributed by atoms with Crippen LogP contribution in [-0.4, -0.2) is 42.8 Å². The molecule has 1 aromatic rings. The molecule has 2 heterocycles. The second-order valence-electron chi connectivity index (χ2n) is 8.66. The number of likely N-dealkylation sites (tertiary alicyclic amines) is 1. The molecule has 25 heavy (non-hydrogen) atoms. The first-order chi connectivity index (χ1) is 12.2. The van der Waals surface area contributed by atoms with Gasteiger partial charge in [0.1, 0.15) is 5.82 Å². The summed E-state index contributed by atoms with van der Waals surface area (Å²) in [5.41, 5.74) is 1.57. The van der Waals surface area contributed by atoms with Gasteiger partial charge in [0.25, 0.3) is 0 Å². The summed E-state index contributed by atoms with van der Waals surface area (Å²) >= 11 is 0. The molecule has 4 fully saturated rings. The molecule has 4 heteroatoms. The van der Waals surface area contributed by atoms with Crippen LogP contribution in [0.2, 0.25) is 0 Å². The average Bonchev–Trinajstić information content (AvgIpc) is 2.98. The number of benzene rings is 1. The summed E-state index contributed by atoms with van der Waals surface area (Å²) in [6.45, 7) is 4.06. The monoisotopic (exact) mass is 344 g/mol. The van der Waals surface area contributed by atoms with Crippen molar-refractivity contribution in [2.45, 2.75) is 63.3 Å². The van der Waals surface area contributed by atoms with Crippen LogP contribution >= 0.6 is 0 Å². The van der Waals surface area contributed by atoms with Crippen LogP contribution in [0.1, 0.15) is 44.1 Å². The third-order valence-electron chi connectivity index (χ3n) is 7.33. The van der Waals surface area contributed by atoms with E-state index in [0.29, 0.717) is 23.6 Å². The Morgan fingerprint density at radius 1 is 1.20 bits per heavy atom. The van der Waals surface area contributed by atoms with E-state index in [2.05, 4.69) is 10.2 Å². The van der Waals surface area contributed by atoms with Crippen molar-refractivity contribution in [3.63, 3.8) is 0 Å². The highest BCUT2D eigenvalue weighted by Gasteiger charge is 2.66. The topological polar surface area (TPSA) is 24.5 Å². The standard InChI is InChI=1S/C21H29FN2O/c22-16-4-1-3-15(13-16)14-24-10-5-17(6-11-24)23-19-18-7-12-25-20(18)21(19)8-2-9-21/h1,3-4,13,17-20,23H,2,5-12,14H2/t18-,19-,20-/m1/s1. The van der Waals surface area contributed by atoms with Crippen LogP contribution in [-0.2, 0) is 11.3 Å². The van der Waals surface area contributed by atoms with Gasteiger partial charge in [0, 0.05) is 36.6 Å². The minimum Gasteiger partial charge on any atom is -0.377 e. The van der Waals surface area contributed by atoms with Crippen LogP contribution in [0.25, 0.3) is 0 Å². The smallest absolute Gasteiger partial charge is 0.123 e. The molecule has 0 unspecified atom stereocenters. The molecule has 4 aliphatic rings. The number of nitrogens with zero attached hydrogens (tertiary/aromatic N) is 1. The highest BCUT2D eigenvalue weighted by Crippen LogP contribution is 2.62. The zero-order chi connectivity index (χ0) is 16.9. The zero-order valence-corrected chi connectivity index (χ0v) is 14.9. The summed E-state index contributed by atoms with van der Waals surface area (Å²) in [7, 11) is 0. The van der Waals surface area contributed by atoms with Crippen LogP contribution in [0, 0.1) is 17.2 Å². The number of hydrogen-bond donors (Lipinski definition) is 1. The summed E-state index contributed by atoms with van der Waals surface area (Å²) in [6, 6.07) is 8.38. The van der Waals surface area contributed by atoms with Crippen LogP contribution in [0.4, 0.5) is 4.39 Å². The molecule has 2 aliphatic heterocycles. The van der Waals surface area contributed by atoms with Gasteiger partial charge in [-0.1, -0.05) is 18.6 Å². The van der Waals surface area contributed by atoms with Crippen molar-refractivity contribution >= 4 is 0 Å². The fourth-order valence-electron chi connectivity index (χ4n) is 5.90. The number of hydrogen-bond acceptors (Lipinski definition) is 3. The van der Waals surface area contributed by atoms with Gasteiger partial charge in [-0.3, -0.25) is 4.90 Å². The molecule has 5 rings (SSSR count). The van der Waals surface area contributed by atoms with E-state index in [0.717, 1.165) is 37.7 Å². The zero-order valence-electron chi connectivity index (χ0n) is 14.9. The highest BCUT2D eigenvalue weighted by molar-refractivity contribution is 5.19. The molecule has 0 bridgehead atoms. The van der Waals surface area contributed by atoms with Crippen molar-refractivity contribution in [1.29, 1.82) is 0 Å². The maximum Gasteiger partial charge on any atom is 0.123 e. The molecule has 0 amide bonds. The average molecular weight is 344 g/mol. The molecule has 0 radical (unpaired) electrons. The maximum atomic E-state index is 13.4. The van der Waals surface area contributed by atoms with E-state index < -0.39 is 0 Å². The number of halogens is 1. The number of nitrogens with one attached hydrogen (secondary N) is 1. The molecule has 1 aromatic carbocycles. The molecule has 136 valence electrons. The molecule has 2 saturated heterocycles. The van der Waals surface area contributed by atoms with Gasteiger partial charge < -0.3 is 10.1 Å².